The minimum Gasteiger partial charge on any atom is -0.341 e. The van der Waals surface area contributed by atoms with Gasteiger partial charge in [0.15, 0.2) is 0 Å². The zero-order valence-corrected chi connectivity index (χ0v) is 17.8. The van der Waals surface area contributed by atoms with Crippen LogP contribution in [0.3, 0.4) is 0 Å². The number of hydrogen-bond donors (Lipinski definition) is 2. The number of halogens is 2. The predicted octanol–water partition coefficient (Wildman–Crippen LogP) is 2.28. The van der Waals surface area contributed by atoms with E-state index in [0.29, 0.717) is 18.3 Å². The number of benzene rings is 1. The SMILES string of the molecule is CCC(Nc1nnnn1-c1ccccc1)C(=O)N1CCC(C(C)N)CC1.Cl.Cl. The van der Waals surface area contributed by atoms with E-state index in [4.69, 9.17) is 5.73 Å². The number of nitrogens with one attached hydrogen (secondary N) is 1. The van der Waals surface area contributed by atoms with Gasteiger partial charge >= 0.3 is 0 Å². The molecular formula is C18H29Cl2N7O. The van der Waals surface area contributed by atoms with Gasteiger partial charge in [0, 0.05) is 19.1 Å². The summed E-state index contributed by atoms with van der Waals surface area (Å²) >= 11 is 0. The molecule has 1 aliphatic heterocycles. The topological polar surface area (TPSA) is 102 Å². The summed E-state index contributed by atoms with van der Waals surface area (Å²) in [7, 11) is 0. The maximum atomic E-state index is 12.9. The van der Waals surface area contributed by atoms with Crippen LogP contribution in [0.2, 0.25) is 0 Å². The average molecular weight is 430 g/mol. The molecule has 10 heteroatoms. The van der Waals surface area contributed by atoms with Crippen LogP contribution in [0.15, 0.2) is 30.3 Å². The van der Waals surface area contributed by atoms with Gasteiger partial charge in [-0.15, -0.1) is 24.8 Å². The van der Waals surface area contributed by atoms with Crippen molar-refractivity contribution in [1.29, 1.82) is 0 Å². The van der Waals surface area contributed by atoms with Crippen molar-refractivity contribution in [2.75, 3.05) is 18.4 Å². The molecule has 0 saturated carbocycles. The fraction of sp³-hybridized carbons (Fsp3) is 0.556. The number of tetrazole rings is 1. The highest BCUT2D eigenvalue weighted by Gasteiger charge is 2.29. The molecule has 0 bridgehead atoms. The second kappa shape index (κ2) is 11.2. The number of likely N-dealkylation sites (tertiary alicyclic amines) is 1. The average Bonchev–Trinajstić information content (AvgIpc) is 3.14. The molecule has 2 aromatic rings. The molecule has 1 saturated heterocycles. The molecule has 156 valence electrons. The first kappa shape index (κ1) is 24.1. The van der Waals surface area contributed by atoms with Crippen molar-refractivity contribution in [2.24, 2.45) is 11.7 Å². The van der Waals surface area contributed by atoms with E-state index in [1.165, 1.54) is 0 Å². The van der Waals surface area contributed by atoms with Gasteiger partial charge in [0.05, 0.1) is 5.69 Å². The summed E-state index contributed by atoms with van der Waals surface area (Å²) in [6, 6.07) is 9.45. The second-order valence-electron chi connectivity index (χ2n) is 6.88. The van der Waals surface area contributed by atoms with Crippen LogP contribution in [0.5, 0.6) is 0 Å². The van der Waals surface area contributed by atoms with E-state index in [0.717, 1.165) is 31.6 Å². The molecule has 8 nitrogen and oxygen atoms in total. The van der Waals surface area contributed by atoms with E-state index in [-0.39, 0.29) is 42.8 Å². The summed E-state index contributed by atoms with van der Waals surface area (Å²) < 4.78 is 1.61. The molecular weight excluding hydrogens is 401 g/mol. The van der Waals surface area contributed by atoms with Gasteiger partial charge in [0.1, 0.15) is 6.04 Å². The Morgan fingerprint density at radius 3 is 2.46 bits per heavy atom. The number of carbonyl (C=O) groups excluding carboxylic acids is 1. The number of anilines is 1. The number of aromatic nitrogens is 4. The maximum Gasteiger partial charge on any atom is 0.248 e. The molecule has 0 radical (unpaired) electrons. The first-order valence-corrected chi connectivity index (χ1v) is 9.24. The molecule has 1 aromatic heterocycles. The van der Waals surface area contributed by atoms with Crippen molar-refractivity contribution >= 4 is 36.7 Å². The largest absolute Gasteiger partial charge is 0.341 e. The van der Waals surface area contributed by atoms with Gasteiger partial charge in [-0.1, -0.05) is 30.2 Å². The summed E-state index contributed by atoms with van der Waals surface area (Å²) in [6.07, 6.45) is 2.58. The standard InChI is InChI=1S/C18H27N7O.2ClH/c1-3-16(17(26)24-11-9-14(10-12-24)13(2)19)20-18-21-22-23-25(18)15-7-5-4-6-8-15;;/h4-8,13-14,16H,3,9-12,19H2,1-2H3,(H,20,21,23);2*1H. The highest BCUT2D eigenvalue weighted by Crippen LogP contribution is 2.21. The summed E-state index contributed by atoms with van der Waals surface area (Å²) in [5.74, 6) is 1.07. The van der Waals surface area contributed by atoms with Crippen molar-refractivity contribution in [3.05, 3.63) is 30.3 Å². The van der Waals surface area contributed by atoms with Crippen LogP contribution in [0, 0.1) is 5.92 Å². The lowest BCUT2D eigenvalue weighted by Gasteiger charge is -2.35. The lowest BCUT2D eigenvalue weighted by atomic mass is 9.90. The summed E-state index contributed by atoms with van der Waals surface area (Å²) in [5, 5.41) is 15.0. The zero-order chi connectivity index (χ0) is 18.5. The number of hydrogen-bond acceptors (Lipinski definition) is 6. The third-order valence-electron chi connectivity index (χ3n) is 5.07. The Morgan fingerprint density at radius 2 is 1.89 bits per heavy atom. The molecule has 28 heavy (non-hydrogen) atoms. The Bertz CT molecular complexity index is 718. The van der Waals surface area contributed by atoms with Gasteiger partial charge in [-0.2, -0.15) is 4.68 Å². The second-order valence-corrected chi connectivity index (χ2v) is 6.88. The van der Waals surface area contributed by atoms with Gasteiger partial charge in [-0.05, 0) is 54.7 Å². The fourth-order valence-corrected chi connectivity index (χ4v) is 3.38. The highest BCUT2D eigenvalue weighted by molar-refractivity contribution is 5.85. The molecule has 1 fully saturated rings. The Balaban J connectivity index is 0.00000196. The van der Waals surface area contributed by atoms with E-state index in [1.54, 1.807) is 4.68 Å². The normalized spacial score (nSPS) is 16.5. The number of para-hydroxylation sites is 1. The molecule has 2 heterocycles. The molecule has 2 unspecified atom stereocenters. The minimum absolute atomic E-state index is 0. The molecule has 0 spiro atoms. The lowest BCUT2D eigenvalue weighted by Crippen LogP contribution is -2.48. The van der Waals surface area contributed by atoms with Gasteiger partial charge in [0.25, 0.3) is 0 Å². The number of rotatable bonds is 6. The Hall–Kier alpha value is -1.90. The molecule has 3 N–H and O–H groups in total. The molecule has 1 amide bonds. The van der Waals surface area contributed by atoms with E-state index in [9.17, 15) is 4.79 Å². The van der Waals surface area contributed by atoms with Crippen molar-refractivity contribution in [3.8, 4) is 5.69 Å². The Morgan fingerprint density at radius 1 is 1.25 bits per heavy atom. The molecule has 2 atom stereocenters. The third-order valence-corrected chi connectivity index (χ3v) is 5.07. The van der Waals surface area contributed by atoms with E-state index in [2.05, 4.69) is 20.8 Å². The smallest absolute Gasteiger partial charge is 0.248 e. The zero-order valence-electron chi connectivity index (χ0n) is 16.2. The van der Waals surface area contributed by atoms with E-state index >= 15 is 0 Å². The fourth-order valence-electron chi connectivity index (χ4n) is 3.38. The van der Waals surface area contributed by atoms with Crippen molar-refractivity contribution in [3.63, 3.8) is 0 Å². The van der Waals surface area contributed by atoms with Gasteiger partial charge in [0.2, 0.25) is 11.9 Å². The first-order chi connectivity index (χ1) is 12.6. The maximum absolute atomic E-state index is 12.9. The van der Waals surface area contributed by atoms with Crippen molar-refractivity contribution in [1.82, 2.24) is 25.1 Å². The number of nitrogens with zero attached hydrogens (tertiary/aromatic N) is 5. The molecule has 3 rings (SSSR count). The first-order valence-electron chi connectivity index (χ1n) is 9.24. The number of piperidine rings is 1. The van der Waals surface area contributed by atoms with Crippen LogP contribution in [0.1, 0.15) is 33.1 Å². The number of amides is 1. The van der Waals surface area contributed by atoms with E-state index in [1.807, 2.05) is 49.1 Å². The minimum atomic E-state index is -0.352. The van der Waals surface area contributed by atoms with Gasteiger partial charge < -0.3 is 16.0 Å². The molecule has 1 aromatic carbocycles. The number of carbonyl (C=O) groups is 1. The monoisotopic (exact) mass is 429 g/mol. The third kappa shape index (κ3) is 5.56. The summed E-state index contributed by atoms with van der Waals surface area (Å²) in [6.45, 7) is 5.54. The van der Waals surface area contributed by atoms with Crippen molar-refractivity contribution < 1.29 is 4.79 Å². The Kier molecular flexibility index (Phi) is 9.64. The van der Waals surface area contributed by atoms with Crippen LogP contribution < -0.4 is 11.1 Å². The van der Waals surface area contributed by atoms with Crippen molar-refractivity contribution in [2.45, 2.75) is 45.2 Å². The highest BCUT2D eigenvalue weighted by atomic mass is 35.5. The molecule has 0 aliphatic carbocycles. The quantitative estimate of drug-likeness (QED) is 0.729. The lowest BCUT2D eigenvalue weighted by molar-refractivity contribution is -0.133. The Labute approximate surface area is 178 Å². The van der Waals surface area contributed by atoms with Crippen LogP contribution in [0.4, 0.5) is 5.95 Å². The summed E-state index contributed by atoms with van der Waals surface area (Å²) in [5.41, 5.74) is 6.84. The van der Waals surface area contributed by atoms with Gasteiger partial charge in [-0.25, -0.2) is 0 Å². The summed E-state index contributed by atoms with van der Waals surface area (Å²) in [4.78, 5) is 14.9. The van der Waals surface area contributed by atoms with Crippen LogP contribution in [-0.4, -0.2) is 56.2 Å². The number of nitrogens with two attached hydrogens (primary N) is 1. The predicted molar refractivity (Wildman–Crippen MR) is 114 cm³/mol. The van der Waals surface area contributed by atoms with E-state index < -0.39 is 0 Å². The van der Waals surface area contributed by atoms with Gasteiger partial charge in [-0.3, -0.25) is 4.79 Å². The van der Waals surface area contributed by atoms with Crippen LogP contribution >= 0.6 is 24.8 Å². The van der Waals surface area contributed by atoms with Crippen LogP contribution in [0.25, 0.3) is 5.69 Å². The van der Waals surface area contributed by atoms with Crippen LogP contribution in [-0.2, 0) is 4.79 Å². The molecule has 1 aliphatic rings.